The second kappa shape index (κ2) is 38.3. The molecule has 0 bridgehead atoms. The van der Waals surface area contributed by atoms with Gasteiger partial charge in [0.25, 0.3) is 5.91 Å². The van der Waals surface area contributed by atoms with Gasteiger partial charge in [-0.15, -0.1) is 0 Å². The minimum atomic E-state index is -2.36. The number of phenolic OH excluding ortho intramolecular Hbond substituents is 6. The Kier molecular flexibility index (Phi) is 27.2. The number of hydrogen-bond acceptors (Lipinski definition) is 18. The van der Waals surface area contributed by atoms with Crippen LogP contribution in [0.3, 0.4) is 0 Å². The van der Waals surface area contributed by atoms with Crippen molar-refractivity contribution < 1.29 is 87.7 Å². The Hall–Kier alpha value is -15.2. The zero-order valence-corrected chi connectivity index (χ0v) is 74.6. The topological polar surface area (TPSA) is 299 Å². The third kappa shape index (κ3) is 22.4. The fourth-order valence-corrected chi connectivity index (χ4v) is 16.2. The number of Topliss-reactive ketones (excluding diaryl/α,β-unsaturated/α-hetero) is 4. The Morgan fingerprint density at radius 1 is 0.341 bits per heavy atom. The lowest BCUT2D eigenvalue weighted by Crippen LogP contribution is -2.40. The molecule has 0 heterocycles. The molecule has 0 saturated heterocycles. The summed E-state index contributed by atoms with van der Waals surface area (Å²) in [7, 11) is -2.36. The van der Waals surface area contributed by atoms with Gasteiger partial charge >= 0.3 is 13.8 Å². The van der Waals surface area contributed by atoms with Crippen molar-refractivity contribution in [3.05, 3.63) is 370 Å². The van der Waals surface area contributed by atoms with E-state index in [0.29, 0.717) is 85.5 Å². The van der Waals surface area contributed by atoms with E-state index in [-0.39, 0.29) is 74.6 Å². The average molecular weight is 1740 g/mol. The normalized spacial score (nSPS) is 11.6. The van der Waals surface area contributed by atoms with Crippen molar-refractivity contribution in [2.24, 2.45) is 0 Å². The highest BCUT2D eigenvalue weighted by Crippen LogP contribution is 2.40. The summed E-state index contributed by atoms with van der Waals surface area (Å²) in [4.78, 5) is 78.9. The molecule has 652 valence electrons. The third-order valence-corrected chi connectivity index (χ3v) is 23.5. The van der Waals surface area contributed by atoms with E-state index in [1.807, 2.05) is 71.9 Å². The first-order valence-corrected chi connectivity index (χ1v) is 43.1. The van der Waals surface area contributed by atoms with E-state index in [1.54, 1.807) is 296 Å². The number of amides is 1. The molecule has 1 atom stereocenters. The first-order chi connectivity index (χ1) is 61.2. The fourth-order valence-electron chi connectivity index (χ4n) is 14.8. The Labute approximate surface area is 749 Å². The minimum Gasteiger partial charge on any atom is -0.508 e. The molecule has 129 heavy (non-hydrogen) atoms. The summed E-state index contributed by atoms with van der Waals surface area (Å²) in [5.41, 5.74) is 6.05. The van der Waals surface area contributed by atoms with Gasteiger partial charge in [-0.25, -0.2) is 4.79 Å². The highest BCUT2D eigenvalue weighted by molar-refractivity contribution is 7.62. The van der Waals surface area contributed by atoms with Crippen molar-refractivity contribution in [3.63, 3.8) is 0 Å². The van der Waals surface area contributed by atoms with Crippen LogP contribution in [0.25, 0.3) is 43.4 Å². The molecule has 15 aromatic rings. The molecule has 0 aromatic heterocycles. The van der Waals surface area contributed by atoms with Crippen molar-refractivity contribution >= 4 is 91.4 Å². The molecule has 1 amide bonds. The van der Waals surface area contributed by atoms with E-state index >= 15 is 0 Å². The van der Waals surface area contributed by atoms with Crippen LogP contribution in [-0.2, 0) is 17.4 Å². The van der Waals surface area contributed by atoms with Gasteiger partial charge in [-0.2, -0.15) is 0 Å². The fraction of sp³-hybridized carbons (Fsp3) is 0.174. The molecule has 19 nitrogen and oxygen atoms in total. The zero-order chi connectivity index (χ0) is 92.6. The zero-order valence-electron chi connectivity index (χ0n) is 73.7. The van der Waals surface area contributed by atoms with Gasteiger partial charge in [0.1, 0.15) is 63.1 Å². The SMILES string of the molecule is CC(=O)c1ccc(OC(C)(C)C(=O)c2ccc3cc(OC(=O)c4ccc5cc(O)ccc5c4)ccc3c2)cc1.CC(C)(C)Oc1ccc(OC(C)(C)C(=O)c2cccc(C(=O)C(C)(C)Oc3ccc(NC(=O)c4ccc5cc(O)ccc5c4)cc3)c2)c([P+](=O)c2ccccc2-c2ccccc2O)c1.Cc1ccc(Cc2cc(Cc3cccc(O)c3C)cc(O)c2C)cc1O. The van der Waals surface area contributed by atoms with Crippen molar-refractivity contribution in [2.45, 2.75) is 125 Å². The summed E-state index contributed by atoms with van der Waals surface area (Å²) in [5.74, 6) is 1.29. The van der Waals surface area contributed by atoms with E-state index in [0.717, 1.165) is 71.3 Å². The summed E-state index contributed by atoms with van der Waals surface area (Å²) >= 11 is 0. The minimum absolute atomic E-state index is 0.0402. The lowest BCUT2D eigenvalue weighted by Gasteiger charge is -2.27. The molecule has 0 radical (unpaired) electrons. The highest BCUT2D eigenvalue weighted by atomic mass is 31.1. The second-order valence-corrected chi connectivity index (χ2v) is 35.7. The van der Waals surface area contributed by atoms with E-state index in [4.69, 9.17) is 23.7 Å². The Bertz CT molecular complexity index is 6860. The van der Waals surface area contributed by atoms with Crippen LogP contribution in [0.15, 0.2) is 297 Å². The Morgan fingerprint density at radius 2 is 0.806 bits per heavy atom. The maximum atomic E-state index is 14.7. The lowest BCUT2D eigenvalue weighted by molar-refractivity contribution is 0.0578. The van der Waals surface area contributed by atoms with Gasteiger partial charge < -0.3 is 59.6 Å². The molecular formula is C109H99NO18P+. The number of ether oxygens (including phenoxy) is 5. The van der Waals surface area contributed by atoms with Gasteiger partial charge in [0.05, 0.1) is 5.56 Å². The number of esters is 1. The molecule has 7 N–H and O–H groups in total. The number of hydrogen-bond donors (Lipinski definition) is 7. The summed E-state index contributed by atoms with van der Waals surface area (Å²) in [6.07, 6.45) is 1.28. The van der Waals surface area contributed by atoms with Crippen molar-refractivity contribution in [2.75, 3.05) is 5.32 Å². The molecule has 15 aromatic carbocycles. The van der Waals surface area contributed by atoms with E-state index in [2.05, 4.69) is 11.4 Å². The van der Waals surface area contributed by atoms with Gasteiger partial charge in [0.2, 0.25) is 28.0 Å². The van der Waals surface area contributed by atoms with Crippen LogP contribution in [0.5, 0.6) is 63.2 Å². The van der Waals surface area contributed by atoms with Gasteiger partial charge in [-0.1, -0.05) is 126 Å². The summed E-state index contributed by atoms with van der Waals surface area (Å²) in [6, 6.07) is 84.5. The molecule has 15 rings (SSSR count). The van der Waals surface area contributed by atoms with Crippen LogP contribution >= 0.6 is 7.80 Å². The Balaban J connectivity index is 0.000000184. The monoisotopic (exact) mass is 1740 g/mol. The average Bonchev–Trinajstić information content (AvgIpc) is 0.788. The maximum Gasteiger partial charge on any atom is 0.420 e. The van der Waals surface area contributed by atoms with Gasteiger partial charge in [-0.05, 0) is 344 Å². The number of benzene rings is 15. The van der Waals surface area contributed by atoms with Gasteiger partial charge in [-0.3, -0.25) is 24.0 Å². The lowest BCUT2D eigenvalue weighted by atomic mass is 9.91. The molecule has 0 aliphatic heterocycles. The number of phenols is 6. The summed E-state index contributed by atoms with van der Waals surface area (Å²) in [6.45, 7) is 22.8. The van der Waals surface area contributed by atoms with Crippen molar-refractivity contribution in [1.29, 1.82) is 0 Å². The predicted molar refractivity (Wildman–Crippen MR) is 506 cm³/mol. The third-order valence-electron chi connectivity index (χ3n) is 21.9. The number of anilines is 1. The quantitative estimate of drug-likeness (QED) is 0.0121. The number of aromatic hydroxyl groups is 6. The largest absolute Gasteiger partial charge is 0.508 e. The maximum absolute atomic E-state index is 14.7. The smallest absolute Gasteiger partial charge is 0.420 e. The first kappa shape index (κ1) is 91.5. The van der Waals surface area contributed by atoms with Gasteiger partial charge in [0.15, 0.2) is 28.3 Å². The molecule has 0 aliphatic carbocycles. The van der Waals surface area contributed by atoms with E-state index in [9.17, 15) is 64.0 Å². The molecule has 0 fully saturated rings. The van der Waals surface area contributed by atoms with Crippen LogP contribution in [0.1, 0.15) is 170 Å². The molecule has 20 heteroatoms. The number of carbonyl (C=O) groups excluding carboxylic acids is 6. The van der Waals surface area contributed by atoms with Crippen molar-refractivity contribution in [3.8, 4) is 74.4 Å². The first-order valence-electron chi connectivity index (χ1n) is 41.8. The highest BCUT2D eigenvalue weighted by Gasteiger charge is 2.40. The number of rotatable bonds is 25. The predicted octanol–water partition coefficient (Wildman–Crippen LogP) is 23.3. The van der Waals surface area contributed by atoms with Crippen LogP contribution in [-0.4, -0.2) is 88.1 Å². The second-order valence-electron chi connectivity index (χ2n) is 34.2. The van der Waals surface area contributed by atoms with Crippen LogP contribution in [0, 0.1) is 20.8 Å². The van der Waals surface area contributed by atoms with Crippen LogP contribution in [0.2, 0.25) is 0 Å². The molecule has 1 unspecified atom stereocenters. The number of para-hydroxylation sites is 1. The Morgan fingerprint density at radius 3 is 1.41 bits per heavy atom. The standard InChI is InChI=1S/C53H48NO9P.C33H26O6.C23H24O3/c1-51(2,3)61-41-27-28-45(47(32-41)64(60)46-18-11-9-16-43(46)42-15-8-10-17-44(42)56)63-53(6,7)49(58)36-14-12-13-35(30-36)48(57)52(4,5)62-40-25-22-38(23-26-40)54-50(59)37-20-19-34-31-39(55)24-21-33(34)29-37;1-20(34)21-9-13-29(14-10-21)39-33(2,3)31(36)26-6-4-25-19-30(15-11-23(25)16-26)38-32(37)27-7-5-24-18-28(35)12-8-22(24)17-27;1-14-7-8-17(12-22(14)25)9-20-11-18(13-23(26)16(20)3)10-19-5-4-6-21(24)15(19)2/h8-32H,1-7H3,(H2-,54,55,56,59,60);4-19,35H,1-3H3;4-8,11-13,24-26H,9-10H2,1-3H3/p+1. The number of fused-ring (bicyclic) bond motifs is 3. The number of aryl methyl sites for hydroxylation is 1. The van der Waals surface area contributed by atoms with Crippen LogP contribution < -0.4 is 39.6 Å². The van der Waals surface area contributed by atoms with Crippen molar-refractivity contribution in [1.82, 2.24) is 0 Å². The molecular weight excluding hydrogens is 1640 g/mol. The summed E-state index contributed by atoms with van der Waals surface area (Å²) < 4.78 is 45.1. The van der Waals surface area contributed by atoms with E-state index in [1.165, 1.54) is 13.0 Å². The number of carbonyl (C=O) groups is 6. The summed E-state index contributed by atoms with van der Waals surface area (Å²) in [5, 5.41) is 68.8. The van der Waals surface area contributed by atoms with Gasteiger partial charge in [0, 0.05) is 50.7 Å². The molecule has 0 aliphatic rings. The number of nitrogens with one attached hydrogen (secondary N) is 1. The van der Waals surface area contributed by atoms with E-state index < -0.39 is 42.0 Å². The number of ketones is 4. The molecule has 0 saturated carbocycles. The molecule has 0 spiro atoms. The van der Waals surface area contributed by atoms with Crippen LogP contribution in [0.4, 0.5) is 5.69 Å².